The van der Waals surface area contributed by atoms with E-state index >= 15 is 0 Å². The molecule has 1 saturated heterocycles. The lowest BCUT2D eigenvalue weighted by atomic mass is 9.78. The SMILES string of the molecule is CC1(C)C(C2(CN)CC2)CCS1(=O)=O. The van der Waals surface area contributed by atoms with Crippen LogP contribution in [0.5, 0.6) is 0 Å². The highest BCUT2D eigenvalue weighted by molar-refractivity contribution is 7.93. The van der Waals surface area contributed by atoms with E-state index < -0.39 is 14.6 Å². The maximum atomic E-state index is 11.8. The molecule has 14 heavy (non-hydrogen) atoms. The van der Waals surface area contributed by atoms with E-state index in [9.17, 15) is 8.42 Å². The first-order valence-corrected chi connectivity index (χ1v) is 6.93. The van der Waals surface area contributed by atoms with Crippen molar-refractivity contribution in [2.24, 2.45) is 17.1 Å². The molecule has 0 aromatic carbocycles. The number of hydrogen-bond donors (Lipinski definition) is 1. The molecular weight excluding hydrogens is 198 g/mol. The Labute approximate surface area is 86.0 Å². The fraction of sp³-hybridized carbons (Fsp3) is 1.00. The van der Waals surface area contributed by atoms with Gasteiger partial charge in [-0.1, -0.05) is 0 Å². The zero-order valence-corrected chi connectivity index (χ0v) is 9.73. The summed E-state index contributed by atoms with van der Waals surface area (Å²) >= 11 is 0. The zero-order valence-electron chi connectivity index (χ0n) is 8.91. The molecule has 3 nitrogen and oxygen atoms in total. The molecular formula is C10H19NO2S. The maximum Gasteiger partial charge on any atom is 0.155 e. The Kier molecular flexibility index (Phi) is 2.03. The molecule has 2 N–H and O–H groups in total. The van der Waals surface area contributed by atoms with E-state index in [1.165, 1.54) is 0 Å². The van der Waals surface area contributed by atoms with E-state index in [0.29, 0.717) is 12.3 Å². The molecule has 1 aliphatic heterocycles. The minimum atomic E-state index is -2.88. The summed E-state index contributed by atoms with van der Waals surface area (Å²) in [7, 11) is -2.88. The fourth-order valence-corrected chi connectivity index (χ4v) is 4.87. The van der Waals surface area contributed by atoms with E-state index in [1.54, 1.807) is 0 Å². The summed E-state index contributed by atoms with van der Waals surface area (Å²) in [6.07, 6.45) is 3.05. The van der Waals surface area contributed by atoms with E-state index in [0.717, 1.165) is 19.3 Å². The van der Waals surface area contributed by atoms with Gasteiger partial charge in [0.1, 0.15) is 0 Å². The average molecular weight is 217 g/mol. The van der Waals surface area contributed by atoms with Crippen molar-refractivity contribution in [1.82, 2.24) is 0 Å². The fourth-order valence-electron chi connectivity index (χ4n) is 3.00. The second kappa shape index (κ2) is 2.73. The van der Waals surface area contributed by atoms with Crippen molar-refractivity contribution in [3.63, 3.8) is 0 Å². The van der Waals surface area contributed by atoms with Crippen LogP contribution in [0.2, 0.25) is 0 Å². The first kappa shape index (κ1) is 10.4. The molecule has 0 radical (unpaired) electrons. The molecule has 1 aliphatic carbocycles. The lowest BCUT2D eigenvalue weighted by molar-refractivity contribution is 0.263. The van der Waals surface area contributed by atoms with E-state index in [-0.39, 0.29) is 11.3 Å². The summed E-state index contributed by atoms with van der Waals surface area (Å²) < 4.78 is 23.1. The van der Waals surface area contributed by atoms with Gasteiger partial charge in [0.2, 0.25) is 0 Å². The largest absolute Gasteiger partial charge is 0.330 e. The van der Waals surface area contributed by atoms with Crippen LogP contribution in [0.15, 0.2) is 0 Å². The van der Waals surface area contributed by atoms with Gasteiger partial charge in [-0.05, 0) is 51.0 Å². The highest BCUT2D eigenvalue weighted by Crippen LogP contribution is 2.59. The third-order valence-corrected chi connectivity index (χ3v) is 7.01. The summed E-state index contributed by atoms with van der Waals surface area (Å²) in [6.45, 7) is 4.39. The van der Waals surface area contributed by atoms with Gasteiger partial charge in [0, 0.05) is 0 Å². The normalized spacial score (nSPS) is 36.9. The molecule has 0 aromatic rings. The third kappa shape index (κ3) is 1.16. The van der Waals surface area contributed by atoms with Gasteiger partial charge in [0.25, 0.3) is 0 Å². The van der Waals surface area contributed by atoms with Crippen LogP contribution in [0.3, 0.4) is 0 Å². The molecule has 0 amide bonds. The van der Waals surface area contributed by atoms with Gasteiger partial charge in [0.15, 0.2) is 9.84 Å². The predicted molar refractivity (Wildman–Crippen MR) is 56.7 cm³/mol. The number of sulfone groups is 1. The van der Waals surface area contributed by atoms with Crippen LogP contribution in [0, 0.1) is 11.3 Å². The molecule has 0 bridgehead atoms. The van der Waals surface area contributed by atoms with Gasteiger partial charge in [-0.3, -0.25) is 0 Å². The first-order chi connectivity index (χ1) is 6.36. The summed E-state index contributed by atoms with van der Waals surface area (Å²) in [5.74, 6) is 0.636. The maximum absolute atomic E-state index is 11.8. The Morgan fingerprint density at radius 2 is 1.93 bits per heavy atom. The molecule has 1 atom stereocenters. The van der Waals surface area contributed by atoms with Crippen LogP contribution >= 0.6 is 0 Å². The van der Waals surface area contributed by atoms with Crippen molar-refractivity contribution >= 4 is 9.84 Å². The minimum absolute atomic E-state index is 0.160. The minimum Gasteiger partial charge on any atom is -0.330 e. The van der Waals surface area contributed by atoms with Gasteiger partial charge in [0.05, 0.1) is 10.5 Å². The summed E-state index contributed by atoms with van der Waals surface area (Å²) in [6, 6.07) is 0. The first-order valence-electron chi connectivity index (χ1n) is 5.28. The topological polar surface area (TPSA) is 60.2 Å². The molecule has 1 heterocycles. The van der Waals surface area contributed by atoms with Crippen LogP contribution < -0.4 is 5.73 Å². The Bertz CT molecular complexity index is 341. The Hall–Kier alpha value is -0.0900. The van der Waals surface area contributed by atoms with Crippen LogP contribution in [0.1, 0.15) is 33.1 Å². The second-order valence-corrected chi connectivity index (χ2v) is 8.02. The van der Waals surface area contributed by atoms with Crippen molar-refractivity contribution < 1.29 is 8.42 Å². The molecule has 2 aliphatic rings. The van der Waals surface area contributed by atoms with Crippen LogP contribution in [-0.2, 0) is 9.84 Å². The molecule has 1 unspecified atom stereocenters. The molecule has 82 valence electrons. The summed E-state index contributed by atoms with van der Waals surface area (Å²) in [5, 5.41) is 0. The Morgan fingerprint density at radius 3 is 2.21 bits per heavy atom. The van der Waals surface area contributed by atoms with E-state index in [4.69, 9.17) is 5.73 Å². The van der Waals surface area contributed by atoms with E-state index in [1.807, 2.05) is 13.8 Å². The van der Waals surface area contributed by atoms with Gasteiger partial charge < -0.3 is 5.73 Å². The molecule has 4 heteroatoms. The summed E-state index contributed by atoms with van der Waals surface area (Å²) in [4.78, 5) is 0. The molecule has 0 aromatic heterocycles. The van der Waals surface area contributed by atoms with Gasteiger partial charge in [-0.15, -0.1) is 0 Å². The highest BCUT2D eigenvalue weighted by atomic mass is 32.2. The van der Waals surface area contributed by atoms with Crippen molar-refractivity contribution in [3.8, 4) is 0 Å². The van der Waals surface area contributed by atoms with Crippen LogP contribution in [0.25, 0.3) is 0 Å². The van der Waals surface area contributed by atoms with E-state index in [2.05, 4.69) is 0 Å². The molecule has 1 saturated carbocycles. The molecule has 2 fully saturated rings. The van der Waals surface area contributed by atoms with Gasteiger partial charge in [-0.25, -0.2) is 8.42 Å². The summed E-state index contributed by atoms with van der Waals surface area (Å²) in [5.41, 5.74) is 5.92. The lowest BCUT2D eigenvalue weighted by Crippen LogP contribution is -2.40. The van der Waals surface area contributed by atoms with Crippen LogP contribution in [-0.4, -0.2) is 25.5 Å². The second-order valence-electron chi connectivity index (χ2n) is 5.33. The molecule has 2 rings (SSSR count). The van der Waals surface area contributed by atoms with Gasteiger partial charge in [-0.2, -0.15) is 0 Å². The number of rotatable bonds is 2. The number of nitrogens with two attached hydrogens (primary N) is 1. The van der Waals surface area contributed by atoms with Crippen molar-refractivity contribution in [3.05, 3.63) is 0 Å². The highest BCUT2D eigenvalue weighted by Gasteiger charge is 2.60. The lowest BCUT2D eigenvalue weighted by Gasteiger charge is -2.32. The Balaban J connectivity index is 2.33. The third-order valence-electron chi connectivity index (χ3n) is 4.35. The average Bonchev–Trinajstić information content (AvgIpc) is 2.80. The van der Waals surface area contributed by atoms with Crippen LogP contribution in [0.4, 0.5) is 0 Å². The van der Waals surface area contributed by atoms with Crippen molar-refractivity contribution in [1.29, 1.82) is 0 Å². The predicted octanol–water partition coefficient (Wildman–Crippen LogP) is 0.939. The zero-order chi connectivity index (χ0) is 10.6. The smallest absolute Gasteiger partial charge is 0.155 e. The number of hydrogen-bond acceptors (Lipinski definition) is 3. The monoisotopic (exact) mass is 217 g/mol. The molecule has 0 spiro atoms. The van der Waals surface area contributed by atoms with Crippen molar-refractivity contribution in [2.75, 3.05) is 12.3 Å². The van der Waals surface area contributed by atoms with Crippen molar-refractivity contribution in [2.45, 2.75) is 37.9 Å². The standard InChI is InChI=1S/C10H19NO2S/c1-9(2)8(3-6-14(9,12)13)10(7-11)4-5-10/h8H,3-7,11H2,1-2H3. The Morgan fingerprint density at radius 1 is 1.36 bits per heavy atom. The quantitative estimate of drug-likeness (QED) is 0.749. The van der Waals surface area contributed by atoms with Gasteiger partial charge >= 0.3 is 0 Å².